The molecule has 3 aromatic rings. The second-order valence-electron chi connectivity index (χ2n) is 6.88. The zero-order chi connectivity index (χ0) is 19.4. The van der Waals surface area contributed by atoms with Crippen LogP contribution in [0.5, 0.6) is 0 Å². The first-order chi connectivity index (χ1) is 13.0. The molecule has 2 aromatic carbocycles. The van der Waals surface area contributed by atoms with Gasteiger partial charge in [0.1, 0.15) is 6.04 Å². The summed E-state index contributed by atoms with van der Waals surface area (Å²) >= 11 is 0. The number of ether oxygens (including phenoxy) is 1. The second-order valence-corrected chi connectivity index (χ2v) is 6.88. The SMILES string of the molecule is COC(=O)[C@H](Cc1c[nH]c2ccccc12)NC(=O)Cc1cc(C)cc(C)c1. The van der Waals surface area contributed by atoms with Crippen LogP contribution in [0.3, 0.4) is 0 Å². The van der Waals surface area contributed by atoms with E-state index in [4.69, 9.17) is 4.74 Å². The number of carbonyl (C=O) groups is 2. The Balaban J connectivity index is 1.75. The fraction of sp³-hybridized carbons (Fsp3) is 0.273. The van der Waals surface area contributed by atoms with E-state index in [1.54, 1.807) is 0 Å². The first kappa shape index (κ1) is 18.7. The predicted octanol–water partition coefficient (Wildman–Crippen LogP) is 3.23. The summed E-state index contributed by atoms with van der Waals surface area (Å²) in [5.41, 5.74) is 5.12. The van der Waals surface area contributed by atoms with Gasteiger partial charge in [-0.15, -0.1) is 0 Å². The fourth-order valence-corrected chi connectivity index (χ4v) is 3.46. The molecule has 1 atom stereocenters. The quantitative estimate of drug-likeness (QED) is 0.660. The van der Waals surface area contributed by atoms with Crippen LogP contribution in [0, 0.1) is 13.8 Å². The summed E-state index contributed by atoms with van der Waals surface area (Å²) in [6.45, 7) is 4.01. The lowest BCUT2D eigenvalue weighted by molar-refractivity contribution is -0.145. The summed E-state index contributed by atoms with van der Waals surface area (Å²) in [6.07, 6.45) is 2.47. The molecule has 0 bridgehead atoms. The second kappa shape index (κ2) is 8.08. The van der Waals surface area contributed by atoms with E-state index < -0.39 is 12.0 Å². The van der Waals surface area contributed by atoms with E-state index in [-0.39, 0.29) is 12.3 Å². The van der Waals surface area contributed by atoms with Crippen LogP contribution < -0.4 is 5.32 Å². The van der Waals surface area contributed by atoms with Gasteiger partial charge in [-0.3, -0.25) is 4.79 Å². The molecule has 0 spiro atoms. The minimum Gasteiger partial charge on any atom is -0.467 e. The van der Waals surface area contributed by atoms with Crippen molar-refractivity contribution in [1.82, 2.24) is 10.3 Å². The number of amides is 1. The monoisotopic (exact) mass is 364 g/mol. The molecule has 3 rings (SSSR count). The lowest BCUT2D eigenvalue weighted by Crippen LogP contribution is -2.43. The molecule has 0 aliphatic heterocycles. The summed E-state index contributed by atoms with van der Waals surface area (Å²) in [4.78, 5) is 27.9. The highest BCUT2D eigenvalue weighted by Crippen LogP contribution is 2.19. The van der Waals surface area contributed by atoms with Crippen LogP contribution in [-0.2, 0) is 27.2 Å². The van der Waals surface area contributed by atoms with E-state index in [2.05, 4.69) is 16.4 Å². The van der Waals surface area contributed by atoms with E-state index in [0.29, 0.717) is 6.42 Å². The first-order valence-corrected chi connectivity index (χ1v) is 8.95. The minimum absolute atomic E-state index is 0.199. The third-order valence-electron chi connectivity index (χ3n) is 4.57. The van der Waals surface area contributed by atoms with Gasteiger partial charge in [-0.05, 0) is 31.0 Å². The molecule has 1 aromatic heterocycles. The maximum absolute atomic E-state index is 12.5. The number of fused-ring (bicyclic) bond motifs is 1. The van der Waals surface area contributed by atoms with Gasteiger partial charge in [0.2, 0.25) is 5.91 Å². The molecule has 0 unspecified atom stereocenters. The van der Waals surface area contributed by atoms with Gasteiger partial charge in [0.15, 0.2) is 0 Å². The third-order valence-corrected chi connectivity index (χ3v) is 4.57. The van der Waals surface area contributed by atoms with Gasteiger partial charge in [0, 0.05) is 23.5 Å². The zero-order valence-electron chi connectivity index (χ0n) is 15.8. The van der Waals surface area contributed by atoms with Gasteiger partial charge in [-0.1, -0.05) is 47.5 Å². The Morgan fingerprint density at radius 3 is 2.52 bits per heavy atom. The Bertz CT molecular complexity index is 954. The summed E-state index contributed by atoms with van der Waals surface area (Å²) < 4.78 is 4.90. The number of hydrogen-bond acceptors (Lipinski definition) is 3. The van der Waals surface area contributed by atoms with Crippen LogP contribution in [-0.4, -0.2) is 30.0 Å². The Kier molecular flexibility index (Phi) is 5.60. The van der Waals surface area contributed by atoms with Gasteiger partial charge in [-0.25, -0.2) is 4.79 Å². The van der Waals surface area contributed by atoms with Crippen molar-refractivity contribution < 1.29 is 14.3 Å². The van der Waals surface area contributed by atoms with Crippen LogP contribution in [0.4, 0.5) is 0 Å². The Labute approximate surface area is 158 Å². The standard InChI is InChI=1S/C22H24N2O3/c1-14-8-15(2)10-16(9-14)11-21(25)24-20(22(26)27-3)12-17-13-23-19-7-5-4-6-18(17)19/h4-10,13,20,23H,11-12H2,1-3H3,(H,24,25)/t20-/m0/s1. The minimum atomic E-state index is -0.729. The number of hydrogen-bond donors (Lipinski definition) is 2. The van der Waals surface area contributed by atoms with Crippen LogP contribution in [0.25, 0.3) is 10.9 Å². The van der Waals surface area contributed by atoms with Crippen molar-refractivity contribution >= 4 is 22.8 Å². The highest BCUT2D eigenvalue weighted by atomic mass is 16.5. The zero-order valence-corrected chi connectivity index (χ0v) is 15.8. The summed E-state index contributed by atoms with van der Waals surface area (Å²) in [7, 11) is 1.33. The maximum Gasteiger partial charge on any atom is 0.328 e. The van der Waals surface area contributed by atoms with E-state index in [1.807, 2.05) is 56.4 Å². The lowest BCUT2D eigenvalue weighted by Gasteiger charge is -2.16. The molecule has 1 heterocycles. The van der Waals surface area contributed by atoms with Crippen molar-refractivity contribution in [2.45, 2.75) is 32.7 Å². The predicted molar refractivity (Wildman–Crippen MR) is 106 cm³/mol. The number of methoxy groups -OCH3 is 1. The van der Waals surface area contributed by atoms with E-state index in [1.165, 1.54) is 7.11 Å². The number of aromatic amines is 1. The van der Waals surface area contributed by atoms with Gasteiger partial charge in [0.25, 0.3) is 0 Å². The molecule has 0 fully saturated rings. The van der Waals surface area contributed by atoms with Crippen LogP contribution in [0.2, 0.25) is 0 Å². The first-order valence-electron chi connectivity index (χ1n) is 8.95. The average Bonchev–Trinajstić information content (AvgIpc) is 3.02. The van der Waals surface area contributed by atoms with Gasteiger partial charge < -0.3 is 15.0 Å². The van der Waals surface area contributed by atoms with Crippen molar-refractivity contribution in [2.24, 2.45) is 0 Å². The molecule has 2 N–H and O–H groups in total. The number of esters is 1. The molecule has 0 radical (unpaired) electrons. The largest absolute Gasteiger partial charge is 0.467 e. The lowest BCUT2D eigenvalue weighted by atomic mass is 10.0. The molecule has 0 aliphatic carbocycles. The van der Waals surface area contributed by atoms with Crippen LogP contribution in [0.1, 0.15) is 22.3 Å². The molecule has 0 saturated heterocycles. The smallest absolute Gasteiger partial charge is 0.328 e. The average molecular weight is 364 g/mol. The Hall–Kier alpha value is -3.08. The summed E-state index contributed by atoms with van der Waals surface area (Å²) in [5.74, 6) is -0.649. The van der Waals surface area contributed by atoms with Crippen molar-refractivity contribution in [1.29, 1.82) is 0 Å². The molecular weight excluding hydrogens is 340 g/mol. The maximum atomic E-state index is 12.5. The van der Waals surface area contributed by atoms with Gasteiger partial charge >= 0.3 is 5.97 Å². The summed E-state index contributed by atoms with van der Waals surface area (Å²) in [6, 6.07) is 13.2. The molecule has 0 aliphatic rings. The molecular formula is C22H24N2O3. The normalized spacial score (nSPS) is 12.0. The van der Waals surface area contributed by atoms with Gasteiger partial charge in [-0.2, -0.15) is 0 Å². The topological polar surface area (TPSA) is 71.2 Å². The van der Waals surface area contributed by atoms with Crippen molar-refractivity contribution in [2.75, 3.05) is 7.11 Å². The molecule has 0 saturated carbocycles. The van der Waals surface area contributed by atoms with Crippen molar-refractivity contribution in [3.8, 4) is 0 Å². The third kappa shape index (κ3) is 4.56. The molecule has 27 heavy (non-hydrogen) atoms. The van der Waals surface area contributed by atoms with E-state index >= 15 is 0 Å². The number of carbonyl (C=O) groups excluding carboxylic acids is 2. The number of rotatable bonds is 6. The van der Waals surface area contributed by atoms with E-state index in [0.717, 1.165) is 33.2 Å². The highest BCUT2D eigenvalue weighted by molar-refractivity contribution is 5.88. The van der Waals surface area contributed by atoms with Crippen molar-refractivity contribution in [3.63, 3.8) is 0 Å². The number of H-pyrrole nitrogens is 1. The number of para-hydroxylation sites is 1. The van der Waals surface area contributed by atoms with Crippen LogP contribution in [0.15, 0.2) is 48.7 Å². The molecule has 1 amide bonds. The number of aryl methyl sites for hydroxylation is 2. The number of benzene rings is 2. The summed E-state index contributed by atoms with van der Waals surface area (Å²) in [5, 5.41) is 3.87. The fourth-order valence-electron chi connectivity index (χ4n) is 3.46. The Morgan fingerprint density at radius 1 is 1.11 bits per heavy atom. The van der Waals surface area contributed by atoms with Crippen LogP contribution >= 0.6 is 0 Å². The van der Waals surface area contributed by atoms with Gasteiger partial charge in [0.05, 0.1) is 13.5 Å². The van der Waals surface area contributed by atoms with Crippen molar-refractivity contribution in [3.05, 3.63) is 70.9 Å². The highest BCUT2D eigenvalue weighted by Gasteiger charge is 2.23. The number of aromatic nitrogens is 1. The molecule has 140 valence electrons. The Morgan fingerprint density at radius 2 is 1.81 bits per heavy atom. The molecule has 5 heteroatoms. The number of nitrogens with one attached hydrogen (secondary N) is 2. The molecule has 5 nitrogen and oxygen atoms in total. The van der Waals surface area contributed by atoms with E-state index in [9.17, 15) is 9.59 Å².